The Morgan fingerprint density at radius 1 is 1.31 bits per heavy atom. The molecule has 0 amide bonds. The van der Waals surface area contributed by atoms with E-state index in [0.717, 1.165) is 18.4 Å². The van der Waals surface area contributed by atoms with Gasteiger partial charge in [-0.3, -0.25) is 9.59 Å². The number of allylic oxidation sites excluding steroid dienone is 4. The van der Waals surface area contributed by atoms with Crippen LogP contribution in [0.1, 0.15) is 46.5 Å². The average Bonchev–Trinajstić information content (AvgIpc) is 3.32. The van der Waals surface area contributed by atoms with E-state index in [2.05, 4.69) is 13.0 Å². The van der Waals surface area contributed by atoms with Gasteiger partial charge in [0.2, 0.25) is 0 Å². The number of carbonyl (C=O) groups is 2. The molecule has 0 aromatic heterocycles. The molecule has 26 heavy (non-hydrogen) atoms. The second kappa shape index (κ2) is 4.76. The van der Waals surface area contributed by atoms with Gasteiger partial charge in [0.05, 0.1) is 0 Å². The van der Waals surface area contributed by atoms with Gasteiger partial charge in [-0.05, 0) is 62.0 Å². The van der Waals surface area contributed by atoms with Crippen LogP contribution in [-0.2, 0) is 9.59 Å². The van der Waals surface area contributed by atoms with Crippen molar-refractivity contribution in [2.24, 2.45) is 40.4 Å². The van der Waals surface area contributed by atoms with Crippen LogP contribution in [0, 0.1) is 40.4 Å². The Balaban J connectivity index is 1.62. The molecule has 0 aliphatic heterocycles. The minimum Gasteiger partial charge on any atom is -0.382 e. The first kappa shape index (κ1) is 16.9. The van der Waals surface area contributed by atoms with Crippen LogP contribution < -0.4 is 0 Å². The summed E-state index contributed by atoms with van der Waals surface area (Å²) in [5.41, 5.74) is -1.43. The average molecular weight is 358 g/mol. The first-order valence-electron chi connectivity index (χ1n) is 9.96. The summed E-state index contributed by atoms with van der Waals surface area (Å²) in [6.45, 7) is 5.51. The Kier molecular flexibility index (Phi) is 3.08. The Labute approximate surface area is 153 Å². The number of halogens is 1. The maximum atomic E-state index is 15.7. The van der Waals surface area contributed by atoms with Gasteiger partial charge in [-0.15, -0.1) is 0 Å². The highest BCUT2D eigenvalue weighted by atomic mass is 19.1. The van der Waals surface area contributed by atoms with Gasteiger partial charge in [0.25, 0.3) is 0 Å². The van der Waals surface area contributed by atoms with E-state index in [1.807, 2.05) is 13.0 Å². The highest BCUT2D eigenvalue weighted by Crippen LogP contribution is 2.71. The number of aliphatic hydroxyl groups is 1. The molecule has 1 N–H and O–H groups in total. The van der Waals surface area contributed by atoms with Crippen LogP contribution in [0.3, 0.4) is 0 Å². The zero-order valence-electron chi connectivity index (χ0n) is 15.7. The predicted octanol–water partition coefficient (Wildman–Crippen LogP) is 3.42. The van der Waals surface area contributed by atoms with Gasteiger partial charge >= 0.3 is 0 Å². The SMILES string of the molecule is CC(=O)[C@@]1(O)CC[C@H]2[C@@H]3C=CC4=CC(=O)[C@@H]5C[C@@H]5[C@]4(C)[C@H]3[C@@H](F)C[C@@]21C. The highest BCUT2D eigenvalue weighted by Gasteiger charge is 2.70. The van der Waals surface area contributed by atoms with Crippen molar-refractivity contribution in [2.45, 2.75) is 58.2 Å². The molecule has 140 valence electrons. The molecule has 0 heterocycles. The van der Waals surface area contributed by atoms with Crippen LogP contribution in [0.15, 0.2) is 23.8 Å². The summed E-state index contributed by atoms with van der Waals surface area (Å²) in [4.78, 5) is 24.4. The quantitative estimate of drug-likeness (QED) is 0.781. The van der Waals surface area contributed by atoms with E-state index in [-0.39, 0.29) is 53.0 Å². The second-order valence-corrected chi connectivity index (χ2v) is 9.89. The normalized spacial score (nSPS) is 56.8. The van der Waals surface area contributed by atoms with Crippen molar-refractivity contribution in [3.63, 3.8) is 0 Å². The molecule has 3 fully saturated rings. The molecular formula is C22H27FO3. The van der Waals surface area contributed by atoms with Crippen LogP contribution in [0.4, 0.5) is 4.39 Å². The topological polar surface area (TPSA) is 54.4 Å². The molecular weight excluding hydrogens is 331 g/mol. The first-order chi connectivity index (χ1) is 12.1. The van der Waals surface area contributed by atoms with Crippen molar-refractivity contribution in [3.8, 4) is 0 Å². The summed E-state index contributed by atoms with van der Waals surface area (Å²) in [5.74, 6) is 0.275. The van der Waals surface area contributed by atoms with E-state index in [0.29, 0.717) is 6.42 Å². The van der Waals surface area contributed by atoms with Crippen molar-refractivity contribution in [1.29, 1.82) is 0 Å². The van der Waals surface area contributed by atoms with Crippen LogP contribution in [0.2, 0.25) is 0 Å². The van der Waals surface area contributed by atoms with E-state index < -0.39 is 17.2 Å². The number of ketones is 2. The number of rotatable bonds is 1. The third kappa shape index (κ3) is 1.68. The predicted molar refractivity (Wildman–Crippen MR) is 94.9 cm³/mol. The number of fused-ring (bicyclic) bond motifs is 7. The van der Waals surface area contributed by atoms with Crippen molar-refractivity contribution in [1.82, 2.24) is 0 Å². The first-order valence-corrected chi connectivity index (χ1v) is 9.96. The number of hydrogen-bond acceptors (Lipinski definition) is 3. The van der Waals surface area contributed by atoms with Crippen LogP contribution in [0.25, 0.3) is 0 Å². The molecule has 0 spiro atoms. The molecule has 3 saturated carbocycles. The summed E-state index contributed by atoms with van der Waals surface area (Å²) in [6.07, 6.45) is 7.09. The lowest BCUT2D eigenvalue weighted by molar-refractivity contribution is -0.164. The lowest BCUT2D eigenvalue weighted by Gasteiger charge is -2.58. The molecule has 9 atom stereocenters. The minimum absolute atomic E-state index is 0.0220. The van der Waals surface area contributed by atoms with Crippen molar-refractivity contribution < 1.29 is 19.1 Å². The van der Waals surface area contributed by atoms with Gasteiger partial charge in [0.15, 0.2) is 11.6 Å². The zero-order valence-corrected chi connectivity index (χ0v) is 15.7. The summed E-state index contributed by atoms with van der Waals surface area (Å²) >= 11 is 0. The Morgan fingerprint density at radius 3 is 2.73 bits per heavy atom. The van der Waals surface area contributed by atoms with E-state index >= 15 is 4.39 Å². The summed E-state index contributed by atoms with van der Waals surface area (Å²) < 4.78 is 15.7. The smallest absolute Gasteiger partial charge is 0.161 e. The molecule has 0 aromatic rings. The van der Waals surface area contributed by atoms with Crippen LogP contribution >= 0.6 is 0 Å². The van der Waals surface area contributed by atoms with Gasteiger partial charge in [-0.2, -0.15) is 0 Å². The fourth-order valence-corrected chi connectivity index (χ4v) is 7.53. The van der Waals surface area contributed by atoms with E-state index in [1.54, 1.807) is 6.08 Å². The summed E-state index contributed by atoms with van der Waals surface area (Å²) in [5, 5.41) is 11.1. The fraction of sp³-hybridized carbons (Fsp3) is 0.727. The zero-order chi connectivity index (χ0) is 18.6. The molecule has 5 aliphatic carbocycles. The van der Waals surface area contributed by atoms with Gasteiger partial charge in [0.1, 0.15) is 11.8 Å². The van der Waals surface area contributed by atoms with Crippen molar-refractivity contribution >= 4 is 11.6 Å². The third-order valence-corrected chi connectivity index (χ3v) is 9.09. The number of carbonyl (C=O) groups excluding carboxylic acids is 2. The van der Waals surface area contributed by atoms with Crippen LogP contribution in [0.5, 0.6) is 0 Å². The Morgan fingerprint density at radius 2 is 2.04 bits per heavy atom. The monoisotopic (exact) mass is 358 g/mol. The number of hydrogen-bond donors (Lipinski definition) is 1. The van der Waals surface area contributed by atoms with Crippen molar-refractivity contribution in [3.05, 3.63) is 23.8 Å². The summed E-state index contributed by atoms with van der Waals surface area (Å²) in [6, 6.07) is 0. The van der Waals surface area contributed by atoms with Gasteiger partial charge in [-0.1, -0.05) is 26.0 Å². The molecule has 3 nitrogen and oxygen atoms in total. The van der Waals surface area contributed by atoms with E-state index in [1.165, 1.54) is 6.92 Å². The highest BCUT2D eigenvalue weighted by molar-refractivity contribution is 5.97. The van der Waals surface area contributed by atoms with Gasteiger partial charge in [-0.25, -0.2) is 4.39 Å². The fourth-order valence-electron chi connectivity index (χ4n) is 7.53. The van der Waals surface area contributed by atoms with Gasteiger partial charge in [0, 0.05) is 22.7 Å². The van der Waals surface area contributed by atoms with E-state index in [9.17, 15) is 14.7 Å². The molecule has 0 unspecified atom stereocenters. The van der Waals surface area contributed by atoms with Crippen molar-refractivity contribution in [2.75, 3.05) is 0 Å². The van der Waals surface area contributed by atoms with Gasteiger partial charge < -0.3 is 5.11 Å². The maximum absolute atomic E-state index is 15.7. The lowest BCUT2D eigenvalue weighted by Crippen LogP contribution is -2.60. The molecule has 0 radical (unpaired) electrons. The lowest BCUT2D eigenvalue weighted by atomic mass is 9.47. The number of Topliss-reactive ketones (excluding diaryl/α,β-unsaturated/α-hetero) is 1. The van der Waals surface area contributed by atoms with E-state index in [4.69, 9.17) is 0 Å². The molecule has 0 saturated heterocycles. The Hall–Kier alpha value is -1.29. The molecule has 0 bridgehead atoms. The third-order valence-electron chi connectivity index (χ3n) is 9.09. The molecule has 5 aliphatic rings. The molecule has 4 heteroatoms. The maximum Gasteiger partial charge on any atom is 0.161 e. The molecule has 5 rings (SSSR count). The minimum atomic E-state index is -1.41. The standard InChI is InChI=1S/C22H27FO3/c1-11(24)22(26)7-6-15-13-5-4-12-8-18(25)14-9-16(14)21(12,3)19(13)17(23)10-20(15,22)2/h4-5,8,13-17,19,26H,6-7,9-10H2,1-3H3/t13-,14+,15-,16-,17-,19+,20-,21+,22-/m0/s1. The van der Waals surface area contributed by atoms with Crippen LogP contribution in [-0.4, -0.2) is 28.4 Å². The largest absolute Gasteiger partial charge is 0.382 e. The second-order valence-electron chi connectivity index (χ2n) is 9.89. The molecule has 0 aromatic carbocycles. The number of alkyl halides is 1. The summed E-state index contributed by atoms with van der Waals surface area (Å²) in [7, 11) is 0. The Bertz CT molecular complexity index is 784.